The number of carbonyl (C=O) groups excluding carboxylic acids is 1. The topological polar surface area (TPSA) is 110 Å². The fourth-order valence-corrected chi connectivity index (χ4v) is 1.000. The van der Waals surface area contributed by atoms with Crippen LogP contribution in [0.4, 0.5) is 0 Å². The molecule has 1 aliphatic rings. The Morgan fingerprint density at radius 2 is 1.75 bits per heavy atom. The molecule has 3 unspecified atom stereocenters. The van der Waals surface area contributed by atoms with Crippen molar-refractivity contribution < 1.29 is 25.2 Å². The molecule has 1 saturated heterocycles. The maximum absolute atomic E-state index is 10.8. The molecule has 1 fully saturated rings. The van der Waals surface area contributed by atoms with Gasteiger partial charge in [0.2, 0.25) is 0 Å². The lowest BCUT2D eigenvalue weighted by molar-refractivity contribution is -0.139. The molecule has 12 heavy (non-hydrogen) atoms. The number of aliphatic hydroxyl groups excluding tert-OH is 4. The van der Waals surface area contributed by atoms with E-state index in [2.05, 4.69) is 5.32 Å². The number of rotatable bonds is 0. The third-order valence-corrected chi connectivity index (χ3v) is 1.82. The standard InChI is InChI=1S/C6H11NO5/c8-2-1-7-6(12)5(11)4(10)3(2)9/h2-5,8-11H,1H2,(H,7,12)/t2?,3-,4?,5?/m1/s1. The van der Waals surface area contributed by atoms with Crippen LogP contribution in [0.15, 0.2) is 0 Å². The first kappa shape index (κ1) is 9.40. The second-order valence-corrected chi connectivity index (χ2v) is 2.74. The van der Waals surface area contributed by atoms with Crippen LogP contribution in [-0.2, 0) is 4.79 Å². The van der Waals surface area contributed by atoms with E-state index in [0.29, 0.717) is 0 Å². The summed E-state index contributed by atoms with van der Waals surface area (Å²) >= 11 is 0. The van der Waals surface area contributed by atoms with Crippen molar-refractivity contribution >= 4 is 5.91 Å². The van der Waals surface area contributed by atoms with E-state index >= 15 is 0 Å². The molecule has 5 N–H and O–H groups in total. The Hall–Kier alpha value is -0.690. The zero-order chi connectivity index (χ0) is 9.30. The zero-order valence-electron chi connectivity index (χ0n) is 6.21. The molecule has 4 atom stereocenters. The lowest BCUT2D eigenvalue weighted by Gasteiger charge is -2.19. The minimum absolute atomic E-state index is 0.172. The number of β-amino-alcohol motifs (C(OH)–C–C–N with tert-alkyl or cyclic N) is 1. The maximum atomic E-state index is 10.8. The number of amides is 1. The van der Waals surface area contributed by atoms with Gasteiger partial charge in [-0.25, -0.2) is 0 Å². The molecule has 0 aromatic heterocycles. The van der Waals surface area contributed by atoms with Crippen LogP contribution in [-0.4, -0.2) is 57.3 Å². The van der Waals surface area contributed by atoms with E-state index in [1.54, 1.807) is 0 Å². The number of hydrogen-bond donors (Lipinski definition) is 5. The van der Waals surface area contributed by atoms with E-state index in [1.807, 2.05) is 0 Å². The van der Waals surface area contributed by atoms with Crippen LogP contribution in [0.25, 0.3) is 0 Å². The molecule has 1 heterocycles. The van der Waals surface area contributed by atoms with Crippen LogP contribution < -0.4 is 5.32 Å². The third-order valence-electron chi connectivity index (χ3n) is 1.82. The van der Waals surface area contributed by atoms with E-state index in [0.717, 1.165) is 0 Å². The van der Waals surface area contributed by atoms with Crippen LogP contribution in [0.3, 0.4) is 0 Å². The first-order valence-corrected chi connectivity index (χ1v) is 3.54. The molecule has 0 saturated carbocycles. The third kappa shape index (κ3) is 1.56. The smallest absolute Gasteiger partial charge is 0.251 e. The lowest BCUT2D eigenvalue weighted by Crippen LogP contribution is -2.45. The van der Waals surface area contributed by atoms with Gasteiger partial charge in [-0.15, -0.1) is 0 Å². The maximum Gasteiger partial charge on any atom is 0.251 e. The van der Waals surface area contributed by atoms with Gasteiger partial charge in [0.25, 0.3) is 5.91 Å². The van der Waals surface area contributed by atoms with E-state index in [-0.39, 0.29) is 6.54 Å². The summed E-state index contributed by atoms with van der Waals surface area (Å²) in [5.74, 6) is -0.793. The molecule has 70 valence electrons. The van der Waals surface area contributed by atoms with E-state index in [9.17, 15) is 4.79 Å². The Morgan fingerprint density at radius 3 is 2.33 bits per heavy atom. The van der Waals surface area contributed by atoms with Crippen molar-refractivity contribution in [2.24, 2.45) is 0 Å². The molecule has 0 bridgehead atoms. The molecule has 6 nitrogen and oxygen atoms in total. The molecule has 1 amide bonds. The van der Waals surface area contributed by atoms with Gasteiger partial charge in [-0.2, -0.15) is 0 Å². The highest BCUT2D eigenvalue weighted by Crippen LogP contribution is 2.08. The summed E-state index contributed by atoms with van der Waals surface area (Å²) in [6.07, 6.45) is -6.07. The molecule has 1 rings (SSSR count). The summed E-state index contributed by atoms with van der Waals surface area (Å²) in [7, 11) is 0. The molecule has 0 radical (unpaired) electrons. The van der Waals surface area contributed by atoms with Crippen LogP contribution >= 0.6 is 0 Å². The molecule has 0 aliphatic carbocycles. The van der Waals surface area contributed by atoms with Gasteiger partial charge in [0.1, 0.15) is 12.2 Å². The van der Waals surface area contributed by atoms with Gasteiger partial charge in [-0.3, -0.25) is 4.79 Å². The molecule has 6 heteroatoms. The highest BCUT2D eigenvalue weighted by atomic mass is 16.4. The minimum atomic E-state index is -1.68. The van der Waals surface area contributed by atoms with E-state index in [4.69, 9.17) is 20.4 Å². The number of aliphatic hydroxyl groups is 4. The second-order valence-electron chi connectivity index (χ2n) is 2.74. The Labute approximate surface area is 68.4 Å². The Bertz CT molecular complexity index is 185. The number of hydrogen-bond acceptors (Lipinski definition) is 5. The molecule has 1 aliphatic heterocycles. The van der Waals surface area contributed by atoms with E-state index < -0.39 is 30.3 Å². The van der Waals surface area contributed by atoms with Crippen LogP contribution in [0.2, 0.25) is 0 Å². The van der Waals surface area contributed by atoms with Crippen molar-refractivity contribution in [3.05, 3.63) is 0 Å². The van der Waals surface area contributed by atoms with Crippen LogP contribution in [0.5, 0.6) is 0 Å². The minimum Gasteiger partial charge on any atom is -0.388 e. The summed E-state index contributed by atoms with van der Waals surface area (Å²) in [6, 6.07) is 0. The summed E-state index contributed by atoms with van der Waals surface area (Å²) in [6.45, 7) is -0.172. The first-order valence-electron chi connectivity index (χ1n) is 3.54. The fraction of sp³-hybridized carbons (Fsp3) is 0.833. The Kier molecular flexibility index (Phi) is 2.63. The number of carbonyl (C=O) groups is 1. The predicted molar refractivity (Wildman–Crippen MR) is 37.0 cm³/mol. The molecule has 0 spiro atoms. The number of nitrogens with one attached hydrogen (secondary N) is 1. The van der Waals surface area contributed by atoms with Gasteiger partial charge in [0.15, 0.2) is 6.10 Å². The Morgan fingerprint density at radius 1 is 1.17 bits per heavy atom. The monoisotopic (exact) mass is 177 g/mol. The largest absolute Gasteiger partial charge is 0.388 e. The van der Waals surface area contributed by atoms with Gasteiger partial charge < -0.3 is 25.7 Å². The van der Waals surface area contributed by atoms with Crippen molar-refractivity contribution in [1.82, 2.24) is 5.32 Å². The highest BCUT2D eigenvalue weighted by Gasteiger charge is 2.37. The second kappa shape index (κ2) is 3.36. The zero-order valence-corrected chi connectivity index (χ0v) is 6.21. The fourth-order valence-electron chi connectivity index (χ4n) is 1.000. The summed E-state index contributed by atoms with van der Waals surface area (Å²) < 4.78 is 0. The first-order chi connectivity index (χ1) is 5.54. The van der Waals surface area contributed by atoms with Crippen molar-refractivity contribution in [2.45, 2.75) is 24.4 Å². The lowest BCUT2D eigenvalue weighted by atomic mass is 10.1. The van der Waals surface area contributed by atoms with E-state index in [1.165, 1.54) is 0 Å². The van der Waals surface area contributed by atoms with Gasteiger partial charge in [-0.1, -0.05) is 0 Å². The summed E-state index contributed by atoms with van der Waals surface area (Å²) in [5.41, 5.74) is 0. The van der Waals surface area contributed by atoms with Gasteiger partial charge in [0.05, 0.1) is 6.10 Å². The average molecular weight is 177 g/mol. The highest BCUT2D eigenvalue weighted by molar-refractivity contribution is 5.81. The molecular formula is C6H11NO5. The van der Waals surface area contributed by atoms with Crippen molar-refractivity contribution in [3.63, 3.8) is 0 Å². The van der Waals surface area contributed by atoms with Crippen molar-refractivity contribution in [1.29, 1.82) is 0 Å². The normalized spacial score (nSPS) is 43.5. The van der Waals surface area contributed by atoms with Crippen molar-refractivity contribution in [3.8, 4) is 0 Å². The van der Waals surface area contributed by atoms with Gasteiger partial charge >= 0.3 is 0 Å². The summed E-state index contributed by atoms with van der Waals surface area (Å²) in [4.78, 5) is 10.8. The average Bonchev–Trinajstić information content (AvgIpc) is 2.14. The quantitative estimate of drug-likeness (QED) is 0.264. The molecule has 0 aromatic rings. The SMILES string of the molecule is O=C1NCC(O)[C@@H](O)C(O)C1O. The van der Waals surface area contributed by atoms with Gasteiger partial charge in [0, 0.05) is 6.54 Å². The predicted octanol–water partition coefficient (Wildman–Crippen LogP) is -3.44. The molecular weight excluding hydrogens is 166 g/mol. The Balaban J connectivity index is 2.75. The molecule has 0 aromatic carbocycles. The van der Waals surface area contributed by atoms with Crippen LogP contribution in [0.1, 0.15) is 0 Å². The van der Waals surface area contributed by atoms with Crippen LogP contribution in [0, 0.1) is 0 Å². The van der Waals surface area contributed by atoms with Crippen molar-refractivity contribution in [2.75, 3.05) is 6.54 Å². The van der Waals surface area contributed by atoms with Gasteiger partial charge in [-0.05, 0) is 0 Å². The summed E-state index contributed by atoms with van der Waals surface area (Å²) in [5, 5.41) is 38.3.